The molecule has 1 aliphatic heterocycles. The molecule has 1 aromatic carbocycles. The predicted octanol–water partition coefficient (Wildman–Crippen LogP) is 3.12. The van der Waals surface area contributed by atoms with Crippen molar-refractivity contribution in [2.24, 2.45) is 0 Å². The van der Waals surface area contributed by atoms with E-state index in [1.54, 1.807) is 48.8 Å². The summed E-state index contributed by atoms with van der Waals surface area (Å²) in [5, 5.41) is 2.78. The van der Waals surface area contributed by atoms with Gasteiger partial charge in [0.2, 0.25) is 0 Å². The van der Waals surface area contributed by atoms with Crippen LogP contribution in [0.4, 0.5) is 5.69 Å². The highest BCUT2D eigenvalue weighted by Crippen LogP contribution is 2.20. The van der Waals surface area contributed by atoms with Crippen molar-refractivity contribution in [1.29, 1.82) is 0 Å². The van der Waals surface area contributed by atoms with Crippen LogP contribution in [0, 0.1) is 0 Å². The quantitative estimate of drug-likeness (QED) is 0.896. The van der Waals surface area contributed by atoms with Crippen molar-refractivity contribution in [3.05, 3.63) is 54.4 Å². The van der Waals surface area contributed by atoms with Crippen LogP contribution >= 0.6 is 0 Å². The van der Waals surface area contributed by atoms with Crippen molar-refractivity contribution >= 4 is 17.5 Å². The van der Waals surface area contributed by atoms with E-state index in [2.05, 4.69) is 10.3 Å². The molecular formula is C20H23N3O3. The minimum absolute atomic E-state index is 0.0330. The zero-order chi connectivity index (χ0) is 18.2. The molecule has 6 nitrogen and oxygen atoms in total. The van der Waals surface area contributed by atoms with Gasteiger partial charge in [0, 0.05) is 19.3 Å². The Morgan fingerprint density at radius 1 is 1.04 bits per heavy atom. The molecule has 0 spiro atoms. The average molecular weight is 353 g/mol. The fraction of sp³-hybridized carbons (Fsp3) is 0.350. The second kappa shape index (κ2) is 8.99. The Hall–Kier alpha value is -2.89. The minimum atomic E-state index is -0.296. The lowest BCUT2D eigenvalue weighted by atomic mass is 10.2. The standard InChI is InChI=1S/C20H23N3O3/c24-19(23-12-5-1-2-6-13-23)15-26-18-10-4-3-9-17(18)20(25)22-16-8-7-11-21-14-16/h3-4,7-11,14H,1-2,5-6,12-13,15H2,(H,22,25). The fourth-order valence-corrected chi connectivity index (χ4v) is 2.97. The molecular weight excluding hydrogens is 330 g/mol. The summed E-state index contributed by atoms with van der Waals surface area (Å²) in [6.45, 7) is 1.51. The van der Waals surface area contributed by atoms with Gasteiger partial charge in [-0.05, 0) is 37.1 Å². The molecule has 0 aliphatic carbocycles. The first kappa shape index (κ1) is 17.9. The lowest BCUT2D eigenvalue weighted by Gasteiger charge is -2.20. The number of nitrogens with one attached hydrogen (secondary N) is 1. The van der Waals surface area contributed by atoms with Crippen LogP contribution in [0.15, 0.2) is 48.8 Å². The zero-order valence-electron chi connectivity index (χ0n) is 14.7. The largest absolute Gasteiger partial charge is 0.483 e. The van der Waals surface area contributed by atoms with Crippen molar-refractivity contribution < 1.29 is 14.3 Å². The lowest BCUT2D eigenvalue weighted by Crippen LogP contribution is -2.35. The van der Waals surface area contributed by atoms with Crippen LogP contribution in [-0.2, 0) is 4.79 Å². The van der Waals surface area contributed by atoms with E-state index in [1.165, 1.54) is 12.8 Å². The number of ether oxygens (including phenoxy) is 1. The molecule has 1 saturated heterocycles. The number of carbonyl (C=O) groups excluding carboxylic acids is 2. The number of para-hydroxylation sites is 1. The Morgan fingerprint density at radius 3 is 2.54 bits per heavy atom. The van der Waals surface area contributed by atoms with E-state index in [-0.39, 0.29) is 18.4 Å². The Bertz CT molecular complexity index is 741. The number of likely N-dealkylation sites (tertiary alicyclic amines) is 1. The Kier molecular flexibility index (Phi) is 6.19. The van der Waals surface area contributed by atoms with Gasteiger partial charge >= 0.3 is 0 Å². The summed E-state index contributed by atoms with van der Waals surface area (Å²) in [6.07, 6.45) is 7.63. The number of hydrogen-bond acceptors (Lipinski definition) is 4. The first-order valence-corrected chi connectivity index (χ1v) is 8.95. The Morgan fingerprint density at radius 2 is 1.81 bits per heavy atom. The number of hydrogen-bond donors (Lipinski definition) is 1. The normalized spacial score (nSPS) is 14.4. The number of carbonyl (C=O) groups is 2. The lowest BCUT2D eigenvalue weighted by molar-refractivity contribution is -0.133. The van der Waals surface area contributed by atoms with E-state index in [1.807, 2.05) is 4.90 Å². The highest BCUT2D eigenvalue weighted by Gasteiger charge is 2.18. The molecule has 2 heterocycles. The number of benzene rings is 1. The molecule has 3 rings (SSSR count). The van der Waals surface area contributed by atoms with Gasteiger partial charge in [-0.3, -0.25) is 14.6 Å². The highest BCUT2D eigenvalue weighted by molar-refractivity contribution is 6.06. The molecule has 0 radical (unpaired) electrons. The monoisotopic (exact) mass is 353 g/mol. The predicted molar refractivity (Wildman–Crippen MR) is 99.2 cm³/mol. The number of amides is 2. The molecule has 1 aliphatic rings. The number of rotatable bonds is 5. The molecule has 6 heteroatoms. The van der Waals surface area contributed by atoms with Crippen LogP contribution in [0.25, 0.3) is 0 Å². The van der Waals surface area contributed by atoms with E-state index in [4.69, 9.17) is 4.74 Å². The number of aromatic nitrogens is 1. The summed E-state index contributed by atoms with van der Waals surface area (Å²) < 4.78 is 5.68. The maximum Gasteiger partial charge on any atom is 0.260 e. The Labute approximate surface area is 153 Å². The Balaban J connectivity index is 1.63. The summed E-state index contributed by atoms with van der Waals surface area (Å²) in [4.78, 5) is 30.7. The smallest absolute Gasteiger partial charge is 0.260 e. The summed E-state index contributed by atoms with van der Waals surface area (Å²) in [7, 11) is 0. The third-order valence-electron chi connectivity index (χ3n) is 4.36. The van der Waals surface area contributed by atoms with Crippen molar-refractivity contribution in [3.8, 4) is 5.75 Å². The zero-order valence-corrected chi connectivity index (χ0v) is 14.7. The topological polar surface area (TPSA) is 71.5 Å². The second-order valence-corrected chi connectivity index (χ2v) is 6.28. The van der Waals surface area contributed by atoms with Crippen LogP contribution < -0.4 is 10.1 Å². The maximum absolute atomic E-state index is 12.5. The SMILES string of the molecule is O=C(Nc1cccnc1)c1ccccc1OCC(=O)N1CCCCCC1. The van der Waals surface area contributed by atoms with E-state index in [9.17, 15) is 9.59 Å². The fourth-order valence-electron chi connectivity index (χ4n) is 2.97. The second-order valence-electron chi connectivity index (χ2n) is 6.28. The summed E-state index contributed by atoms with van der Waals surface area (Å²) in [5.41, 5.74) is 0.993. The third kappa shape index (κ3) is 4.81. The van der Waals surface area contributed by atoms with Gasteiger partial charge in [0.05, 0.1) is 17.4 Å². The molecule has 2 aromatic rings. The van der Waals surface area contributed by atoms with Gasteiger partial charge in [0.1, 0.15) is 5.75 Å². The van der Waals surface area contributed by atoms with Crippen molar-refractivity contribution in [1.82, 2.24) is 9.88 Å². The van der Waals surface area contributed by atoms with Crippen molar-refractivity contribution in [3.63, 3.8) is 0 Å². The van der Waals surface area contributed by atoms with Gasteiger partial charge in [-0.2, -0.15) is 0 Å². The van der Waals surface area contributed by atoms with E-state index in [0.29, 0.717) is 17.0 Å². The molecule has 0 bridgehead atoms. The van der Waals surface area contributed by atoms with Crippen LogP contribution in [0.3, 0.4) is 0 Å². The van der Waals surface area contributed by atoms with Crippen LogP contribution in [-0.4, -0.2) is 41.4 Å². The van der Waals surface area contributed by atoms with E-state index < -0.39 is 0 Å². The van der Waals surface area contributed by atoms with Gasteiger partial charge < -0.3 is 15.0 Å². The molecule has 1 fully saturated rings. The van der Waals surface area contributed by atoms with Gasteiger partial charge in [0.15, 0.2) is 6.61 Å². The first-order valence-electron chi connectivity index (χ1n) is 8.95. The van der Waals surface area contributed by atoms with Gasteiger partial charge in [-0.1, -0.05) is 25.0 Å². The average Bonchev–Trinajstić information content (AvgIpc) is 2.97. The van der Waals surface area contributed by atoms with Crippen LogP contribution in [0.1, 0.15) is 36.0 Å². The number of nitrogens with zero attached hydrogens (tertiary/aromatic N) is 2. The first-order chi connectivity index (χ1) is 12.7. The van der Waals surface area contributed by atoms with Crippen molar-refractivity contribution in [2.45, 2.75) is 25.7 Å². The number of anilines is 1. The van der Waals surface area contributed by atoms with Crippen LogP contribution in [0.5, 0.6) is 5.75 Å². The number of pyridine rings is 1. The van der Waals surface area contributed by atoms with E-state index >= 15 is 0 Å². The molecule has 0 saturated carbocycles. The van der Waals surface area contributed by atoms with Gasteiger partial charge in [-0.25, -0.2) is 0 Å². The molecule has 0 unspecified atom stereocenters. The molecule has 26 heavy (non-hydrogen) atoms. The third-order valence-corrected chi connectivity index (χ3v) is 4.36. The van der Waals surface area contributed by atoms with Gasteiger partial charge in [0.25, 0.3) is 11.8 Å². The summed E-state index contributed by atoms with van der Waals surface area (Å²) >= 11 is 0. The summed E-state index contributed by atoms with van der Waals surface area (Å²) in [6, 6.07) is 10.4. The maximum atomic E-state index is 12.5. The molecule has 2 amide bonds. The molecule has 1 aromatic heterocycles. The van der Waals surface area contributed by atoms with E-state index in [0.717, 1.165) is 25.9 Å². The highest BCUT2D eigenvalue weighted by atomic mass is 16.5. The minimum Gasteiger partial charge on any atom is -0.483 e. The molecule has 1 N–H and O–H groups in total. The van der Waals surface area contributed by atoms with Crippen LogP contribution in [0.2, 0.25) is 0 Å². The molecule has 0 atom stereocenters. The summed E-state index contributed by atoms with van der Waals surface area (Å²) in [5.74, 6) is 0.0715. The van der Waals surface area contributed by atoms with Gasteiger partial charge in [-0.15, -0.1) is 0 Å². The molecule has 136 valence electrons. The van der Waals surface area contributed by atoms with Crippen molar-refractivity contribution in [2.75, 3.05) is 25.0 Å².